The number of hydrogen-bond acceptors (Lipinski definition) is 6. The first kappa shape index (κ1) is 25.8. The third-order valence-corrected chi connectivity index (χ3v) is 6.89. The largest absolute Gasteiger partial charge is 0.504 e. The molecule has 0 amide bonds. The predicted molar refractivity (Wildman–Crippen MR) is 139 cm³/mol. The Morgan fingerprint density at radius 1 is 1.17 bits per heavy atom. The second-order valence-electron chi connectivity index (χ2n) is 9.76. The molecule has 0 saturated carbocycles. The lowest BCUT2D eigenvalue weighted by Crippen LogP contribution is -2.42. The lowest BCUT2D eigenvalue weighted by molar-refractivity contribution is -0.149. The first-order valence-corrected chi connectivity index (χ1v) is 12.7. The normalized spacial score (nSPS) is 21.8. The van der Waals surface area contributed by atoms with Crippen LogP contribution >= 0.6 is 11.6 Å². The zero-order valence-corrected chi connectivity index (χ0v) is 21.6. The van der Waals surface area contributed by atoms with Gasteiger partial charge >= 0.3 is 5.97 Å². The van der Waals surface area contributed by atoms with E-state index in [1.54, 1.807) is 12.1 Å². The minimum atomic E-state index is -0.794. The molecule has 7 heteroatoms. The average molecular weight is 510 g/mol. The Morgan fingerprint density at radius 3 is 2.53 bits per heavy atom. The average Bonchev–Trinajstić information content (AvgIpc) is 2.83. The van der Waals surface area contributed by atoms with Gasteiger partial charge in [-0.15, -0.1) is 0 Å². The van der Waals surface area contributed by atoms with Crippen LogP contribution < -0.4 is 10.1 Å². The van der Waals surface area contributed by atoms with Crippen molar-refractivity contribution in [1.82, 2.24) is 5.32 Å². The molecule has 3 atom stereocenters. The number of benzene rings is 2. The van der Waals surface area contributed by atoms with Gasteiger partial charge in [-0.25, -0.2) is 0 Å². The Bertz CT molecular complexity index is 1200. The van der Waals surface area contributed by atoms with E-state index < -0.39 is 17.8 Å². The predicted octanol–water partition coefficient (Wildman–Crippen LogP) is 5.86. The molecule has 0 saturated heterocycles. The van der Waals surface area contributed by atoms with E-state index in [-0.39, 0.29) is 30.0 Å². The molecule has 2 aliphatic rings. The lowest BCUT2D eigenvalue weighted by atomic mass is 9.69. The molecule has 3 unspecified atom stereocenters. The number of halogens is 1. The quantitative estimate of drug-likeness (QED) is 0.455. The molecule has 6 nitrogen and oxygen atoms in total. The highest BCUT2D eigenvalue weighted by atomic mass is 35.5. The van der Waals surface area contributed by atoms with E-state index in [2.05, 4.69) is 11.9 Å². The van der Waals surface area contributed by atoms with Crippen molar-refractivity contribution < 1.29 is 24.2 Å². The van der Waals surface area contributed by atoms with Crippen molar-refractivity contribution in [3.05, 3.63) is 82.2 Å². The Morgan fingerprint density at radius 2 is 1.86 bits per heavy atom. The van der Waals surface area contributed by atoms with Crippen molar-refractivity contribution in [2.75, 3.05) is 13.2 Å². The number of hydrogen-bond donors (Lipinski definition) is 2. The number of Topliss-reactive ketones (excluding diaryl/α,β-unsaturated/α-hetero) is 1. The number of allylic oxidation sites excluding steroid dienone is 2. The van der Waals surface area contributed by atoms with Gasteiger partial charge in [-0.3, -0.25) is 9.59 Å². The first-order chi connectivity index (χ1) is 17.2. The number of rotatable bonds is 7. The molecule has 1 aliphatic heterocycles. The summed E-state index contributed by atoms with van der Waals surface area (Å²) in [7, 11) is 0. The van der Waals surface area contributed by atoms with Gasteiger partial charge in [-0.2, -0.15) is 0 Å². The van der Waals surface area contributed by atoms with Gasteiger partial charge in [-0.1, -0.05) is 50.2 Å². The van der Waals surface area contributed by atoms with Crippen LogP contribution in [-0.4, -0.2) is 30.1 Å². The Balaban J connectivity index is 1.78. The van der Waals surface area contributed by atoms with E-state index in [1.165, 1.54) is 6.07 Å². The van der Waals surface area contributed by atoms with Gasteiger partial charge < -0.3 is 19.9 Å². The molecular formula is C29H32ClNO5. The molecule has 0 aromatic heterocycles. The maximum Gasteiger partial charge on any atom is 0.315 e. The van der Waals surface area contributed by atoms with Crippen LogP contribution in [0.3, 0.4) is 0 Å². The van der Waals surface area contributed by atoms with E-state index in [9.17, 15) is 14.7 Å². The van der Waals surface area contributed by atoms with Crippen molar-refractivity contribution in [3.63, 3.8) is 0 Å². The van der Waals surface area contributed by atoms with E-state index in [4.69, 9.17) is 21.1 Å². The molecule has 0 fully saturated rings. The third kappa shape index (κ3) is 5.29. The van der Waals surface area contributed by atoms with Gasteiger partial charge in [0, 0.05) is 34.3 Å². The topological polar surface area (TPSA) is 84.9 Å². The molecule has 1 heterocycles. The molecular weight excluding hydrogens is 478 g/mol. The summed E-state index contributed by atoms with van der Waals surface area (Å²) >= 11 is 6.06. The highest BCUT2D eigenvalue weighted by molar-refractivity contribution is 6.30. The van der Waals surface area contributed by atoms with Crippen LogP contribution in [0.15, 0.2) is 66.0 Å². The van der Waals surface area contributed by atoms with E-state index in [1.807, 2.05) is 45.0 Å². The SMILES string of the molecule is C=C1NC2=C(C(=O)CC(c3ccc(Cl)cc3)C2)C(c2ccc(O)c(OCC)c2)C1C(=O)OCC(C)C. The number of nitrogens with one attached hydrogen (secondary N) is 1. The minimum absolute atomic E-state index is 0.000675. The maximum atomic E-state index is 13.7. The van der Waals surface area contributed by atoms with Crippen molar-refractivity contribution >= 4 is 23.4 Å². The van der Waals surface area contributed by atoms with Gasteiger partial charge in [0.25, 0.3) is 0 Å². The standard InChI is InChI=1S/C29H32ClNO5/c1-5-35-25-14-19(8-11-23(25)32)27-26(29(34)36-15-16(2)3)17(4)31-22-12-20(13-24(33)28(22)27)18-6-9-21(30)10-7-18/h6-11,14,16,20,26-27,31-32H,4-5,12-13,15H2,1-3H3. The third-order valence-electron chi connectivity index (χ3n) is 6.64. The number of aromatic hydroxyl groups is 1. The van der Waals surface area contributed by atoms with Crippen molar-refractivity contribution in [3.8, 4) is 11.5 Å². The second-order valence-corrected chi connectivity index (χ2v) is 10.2. The van der Waals surface area contributed by atoms with Crippen LogP contribution in [0, 0.1) is 11.8 Å². The van der Waals surface area contributed by atoms with Crippen molar-refractivity contribution in [1.29, 1.82) is 0 Å². The Kier molecular flexibility index (Phi) is 7.74. The summed E-state index contributed by atoms with van der Waals surface area (Å²) in [5.41, 5.74) is 3.54. The van der Waals surface area contributed by atoms with Gasteiger partial charge in [0.2, 0.25) is 0 Å². The molecule has 0 radical (unpaired) electrons. The monoisotopic (exact) mass is 509 g/mol. The van der Waals surface area contributed by atoms with Crippen LogP contribution in [0.4, 0.5) is 0 Å². The van der Waals surface area contributed by atoms with Crippen LogP contribution in [0.2, 0.25) is 5.02 Å². The fourth-order valence-corrected chi connectivity index (χ4v) is 5.12. The summed E-state index contributed by atoms with van der Waals surface area (Å²) < 4.78 is 11.2. The molecule has 0 spiro atoms. The van der Waals surface area contributed by atoms with Gasteiger partial charge in [0.15, 0.2) is 17.3 Å². The minimum Gasteiger partial charge on any atom is -0.504 e. The smallest absolute Gasteiger partial charge is 0.315 e. The zero-order valence-electron chi connectivity index (χ0n) is 20.8. The lowest BCUT2D eigenvalue weighted by Gasteiger charge is -2.40. The summed E-state index contributed by atoms with van der Waals surface area (Å²) in [5, 5.41) is 14.2. The second kappa shape index (κ2) is 10.8. The molecule has 190 valence electrons. The van der Waals surface area contributed by atoms with Gasteiger partial charge in [0.05, 0.1) is 13.2 Å². The highest BCUT2D eigenvalue weighted by Crippen LogP contribution is 2.48. The Hall–Kier alpha value is -3.25. The summed E-state index contributed by atoms with van der Waals surface area (Å²) in [6.45, 7) is 10.6. The molecule has 4 rings (SSSR count). The van der Waals surface area contributed by atoms with E-state index in [0.29, 0.717) is 47.1 Å². The van der Waals surface area contributed by atoms with Crippen LogP contribution in [0.1, 0.15) is 56.6 Å². The first-order valence-electron chi connectivity index (χ1n) is 12.3. The number of phenols is 1. The number of ketones is 1. The molecule has 2 aromatic carbocycles. The van der Waals surface area contributed by atoms with Gasteiger partial charge in [-0.05, 0) is 60.6 Å². The molecule has 36 heavy (non-hydrogen) atoms. The van der Waals surface area contributed by atoms with Crippen LogP contribution in [0.5, 0.6) is 11.5 Å². The van der Waals surface area contributed by atoms with Gasteiger partial charge in [0.1, 0.15) is 5.92 Å². The molecule has 1 aliphatic carbocycles. The summed E-state index contributed by atoms with van der Waals surface area (Å²) in [5.74, 6) is -1.41. The number of esters is 1. The van der Waals surface area contributed by atoms with Crippen molar-refractivity contribution in [2.24, 2.45) is 11.8 Å². The number of carbonyl (C=O) groups is 2. The molecule has 2 N–H and O–H groups in total. The molecule has 0 bridgehead atoms. The zero-order chi connectivity index (χ0) is 26.0. The number of phenolic OH excluding ortho intramolecular Hbond substituents is 1. The Labute approximate surface area is 216 Å². The highest BCUT2D eigenvalue weighted by Gasteiger charge is 2.45. The maximum absolute atomic E-state index is 13.7. The summed E-state index contributed by atoms with van der Waals surface area (Å²) in [4.78, 5) is 27.0. The summed E-state index contributed by atoms with van der Waals surface area (Å²) in [6, 6.07) is 12.5. The van der Waals surface area contributed by atoms with Crippen LogP contribution in [-0.2, 0) is 14.3 Å². The fraction of sp³-hybridized carbons (Fsp3) is 0.379. The molecule has 2 aromatic rings. The fourth-order valence-electron chi connectivity index (χ4n) is 4.99. The van der Waals surface area contributed by atoms with E-state index >= 15 is 0 Å². The number of carbonyl (C=O) groups excluding carboxylic acids is 2. The summed E-state index contributed by atoms with van der Waals surface area (Å²) in [6.07, 6.45) is 0.914. The number of ether oxygens (including phenoxy) is 2. The van der Waals surface area contributed by atoms with Crippen LogP contribution in [0.25, 0.3) is 0 Å². The van der Waals surface area contributed by atoms with E-state index in [0.717, 1.165) is 11.3 Å². The van der Waals surface area contributed by atoms with Crippen molar-refractivity contribution in [2.45, 2.75) is 45.4 Å².